The van der Waals surface area contributed by atoms with Gasteiger partial charge in [0.05, 0.1) is 13.2 Å². The first-order valence-electron chi connectivity index (χ1n) is 9.37. The fourth-order valence-corrected chi connectivity index (χ4v) is 5.73. The number of hydrogen-bond acceptors (Lipinski definition) is 6. The van der Waals surface area contributed by atoms with Crippen LogP contribution < -0.4 is 5.32 Å². The molecule has 1 aliphatic heterocycles. The summed E-state index contributed by atoms with van der Waals surface area (Å²) in [6, 6.07) is 0.366. The summed E-state index contributed by atoms with van der Waals surface area (Å²) in [6.07, 6.45) is 6.11. The minimum Gasteiger partial charge on any atom is -0.379 e. The Balaban J connectivity index is 1.28. The number of hydrogen-bond donors (Lipinski definition) is 1. The highest BCUT2D eigenvalue weighted by Crippen LogP contribution is 2.35. The predicted octanol–water partition coefficient (Wildman–Crippen LogP) is 3.08. The summed E-state index contributed by atoms with van der Waals surface area (Å²) in [7, 11) is 0. The van der Waals surface area contributed by atoms with Gasteiger partial charge in [-0.15, -0.1) is 11.3 Å². The molecule has 2 heterocycles. The Bertz CT molecular complexity index is 538. The number of thioether (sulfide) groups is 1. The Labute approximate surface area is 158 Å². The molecule has 1 aromatic rings. The Kier molecular flexibility index (Phi) is 7.58. The van der Waals surface area contributed by atoms with Crippen LogP contribution in [-0.4, -0.2) is 59.9 Å². The smallest absolute Gasteiger partial charge is 0.220 e. The number of nitrogens with zero attached hydrogens (tertiary/aromatic N) is 2. The number of amides is 1. The van der Waals surface area contributed by atoms with E-state index in [2.05, 4.69) is 20.6 Å². The van der Waals surface area contributed by atoms with Crippen molar-refractivity contribution in [2.45, 2.75) is 61.1 Å². The average Bonchev–Trinajstić information content (AvgIpc) is 3.02. The third kappa shape index (κ3) is 6.55. The van der Waals surface area contributed by atoms with E-state index in [-0.39, 0.29) is 5.91 Å². The number of aromatic nitrogens is 1. The quantitative estimate of drug-likeness (QED) is 0.784. The van der Waals surface area contributed by atoms with Crippen LogP contribution in [0.2, 0.25) is 0 Å². The minimum absolute atomic E-state index is 0.222. The molecule has 3 rings (SSSR count). The molecule has 1 saturated heterocycles. The highest BCUT2D eigenvalue weighted by atomic mass is 32.2. The third-order valence-corrected chi connectivity index (χ3v) is 7.31. The Hall–Kier alpha value is -0.630. The highest BCUT2D eigenvalue weighted by Gasteiger charge is 2.23. The summed E-state index contributed by atoms with van der Waals surface area (Å²) in [4.78, 5) is 19.1. The molecule has 2 aliphatic rings. The largest absolute Gasteiger partial charge is 0.379 e. The molecule has 0 unspecified atom stereocenters. The summed E-state index contributed by atoms with van der Waals surface area (Å²) in [5.74, 6) is 0.222. The normalized spacial score (nSPS) is 25.0. The van der Waals surface area contributed by atoms with Gasteiger partial charge in [0, 0.05) is 41.9 Å². The monoisotopic (exact) mass is 383 g/mol. The first kappa shape index (κ1) is 19.1. The third-order valence-electron chi connectivity index (χ3n) is 4.89. The van der Waals surface area contributed by atoms with E-state index in [4.69, 9.17) is 4.74 Å². The maximum absolute atomic E-state index is 12.2. The van der Waals surface area contributed by atoms with Crippen LogP contribution in [0.25, 0.3) is 0 Å². The minimum atomic E-state index is 0.222. The van der Waals surface area contributed by atoms with Crippen molar-refractivity contribution in [3.05, 3.63) is 11.1 Å². The second-order valence-corrected chi connectivity index (χ2v) is 9.38. The summed E-state index contributed by atoms with van der Waals surface area (Å²) in [6.45, 7) is 6.71. The van der Waals surface area contributed by atoms with Crippen LogP contribution >= 0.6 is 23.1 Å². The zero-order chi connectivity index (χ0) is 17.5. The van der Waals surface area contributed by atoms with E-state index < -0.39 is 0 Å². The summed E-state index contributed by atoms with van der Waals surface area (Å²) < 4.78 is 6.54. The molecule has 140 valence electrons. The number of carbonyl (C=O) groups is 1. The van der Waals surface area contributed by atoms with Crippen LogP contribution in [-0.2, 0) is 9.53 Å². The Morgan fingerprint density at radius 1 is 1.36 bits per heavy atom. The summed E-state index contributed by atoms with van der Waals surface area (Å²) >= 11 is 3.66. The van der Waals surface area contributed by atoms with Crippen molar-refractivity contribution in [1.82, 2.24) is 15.2 Å². The second-order valence-electron chi connectivity index (χ2n) is 6.97. The van der Waals surface area contributed by atoms with Crippen LogP contribution in [0.4, 0.5) is 0 Å². The number of aryl methyl sites for hydroxylation is 1. The molecule has 25 heavy (non-hydrogen) atoms. The highest BCUT2D eigenvalue weighted by molar-refractivity contribution is 8.01. The molecule has 2 fully saturated rings. The number of ether oxygens (including phenoxy) is 1. The van der Waals surface area contributed by atoms with Gasteiger partial charge in [0.25, 0.3) is 0 Å². The fourth-order valence-electron chi connectivity index (χ4n) is 3.44. The van der Waals surface area contributed by atoms with E-state index in [0.717, 1.165) is 57.8 Å². The van der Waals surface area contributed by atoms with Crippen molar-refractivity contribution in [1.29, 1.82) is 0 Å². The SMILES string of the molecule is Cc1csc(SC2CCC(NC(=O)CCCN3CCOCC3)CC2)n1. The van der Waals surface area contributed by atoms with Crippen LogP contribution in [0.15, 0.2) is 9.72 Å². The molecule has 0 bridgehead atoms. The van der Waals surface area contributed by atoms with Gasteiger partial charge in [-0.2, -0.15) is 0 Å². The van der Waals surface area contributed by atoms with E-state index in [0.29, 0.717) is 17.7 Å². The van der Waals surface area contributed by atoms with E-state index in [1.54, 1.807) is 11.3 Å². The van der Waals surface area contributed by atoms with Gasteiger partial charge < -0.3 is 10.1 Å². The van der Waals surface area contributed by atoms with Crippen molar-refractivity contribution in [2.75, 3.05) is 32.8 Å². The van der Waals surface area contributed by atoms with Crippen LogP contribution in [0.1, 0.15) is 44.2 Å². The standard InChI is InChI=1S/C18H29N3O2S2/c1-14-13-24-18(19-14)25-16-6-4-15(5-7-16)20-17(22)3-2-8-21-9-11-23-12-10-21/h13,15-16H,2-12H2,1H3,(H,20,22). The molecule has 1 amide bonds. The number of rotatable bonds is 7. The van der Waals surface area contributed by atoms with Crippen LogP contribution in [0.5, 0.6) is 0 Å². The van der Waals surface area contributed by atoms with E-state index in [1.165, 1.54) is 17.2 Å². The van der Waals surface area contributed by atoms with Gasteiger partial charge in [-0.25, -0.2) is 4.98 Å². The Morgan fingerprint density at radius 2 is 2.12 bits per heavy atom. The van der Waals surface area contributed by atoms with Crippen molar-refractivity contribution in [3.8, 4) is 0 Å². The molecular weight excluding hydrogens is 354 g/mol. The van der Waals surface area contributed by atoms with Gasteiger partial charge in [-0.1, -0.05) is 11.8 Å². The van der Waals surface area contributed by atoms with Gasteiger partial charge in [0.2, 0.25) is 5.91 Å². The summed E-state index contributed by atoms with van der Waals surface area (Å²) in [5, 5.41) is 6.01. The molecule has 1 N–H and O–H groups in total. The first-order chi connectivity index (χ1) is 12.2. The van der Waals surface area contributed by atoms with E-state index in [9.17, 15) is 4.79 Å². The lowest BCUT2D eigenvalue weighted by Crippen LogP contribution is -2.39. The molecule has 0 radical (unpaired) electrons. The lowest BCUT2D eigenvalue weighted by atomic mass is 9.95. The van der Waals surface area contributed by atoms with Crippen LogP contribution in [0, 0.1) is 6.92 Å². The molecule has 0 spiro atoms. The van der Waals surface area contributed by atoms with E-state index in [1.807, 2.05) is 18.7 Å². The topological polar surface area (TPSA) is 54.5 Å². The molecule has 7 heteroatoms. The zero-order valence-corrected chi connectivity index (χ0v) is 16.7. The lowest BCUT2D eigenvalue weighted by molar-refractivity contribution is -0.122. The zero-order valence-electron chi connectivity index (χ0n) is 15.0. The number of thiazole rings is 1. The van der Waals surface area contributed by atoms with Crippen molar-refractivity contribution >= 4 is 29.0 Å². The molecule has 0 aromatic carbocycles. The number of morpholine rings is 1. The van der Waals surface area contributed by atoms with Crippen molar-refractivity contribution in [2.24, 2.45) is 0 Å². The van der Waals surface area contributed by atoms with Crippen LogP contribution in [0.3, 0.4) is 0 Å². The maximum Gasteiger partial charge on any atom is 0.220 e. The van der Waals surface area contributed by atoms with Gasteiger partial charge in [-0.3, -0.25) is 9.69 Å². The second kappa shape index (κ2) is 9.90. The molecule has 1 aromatic heterocycles. The molecule has 1 saturated carbocycles. The van der Waals surface area contributed by atoms with Gasteiger partial charge in [-0.05, 0) is 45.6 Å². The van der Waals surface area contributed by atoms with Gasteiger partial charge >= 0.3 is 0 Å². The van der Waals surface area contributed by atoms with E-state index >= 15 is 0 Å². The number of nitrogens with one attached hydrogen (secondary N) is 1. The molecule has 1 aliphatic carbocycles. The Morgan fingerprint density at radius 3 is 2.80 bits per heavy atom. The average molecular weight is 384 g/mol. The fraction of sp³-hybridized carbons (Fsp3) is 0.778. The number of carbonyl (C=O) groups excluding carboxylic acids is 1. The maximum atomic E-state index is 12.2. The molecule has 0 atom stereocenters. The van der Waals surface area contributed by atoms with Crippen molar-refractivity contribution in [3.63, 3.8) is 0 Å². The summed E-state index contributed by atoms with van der Waals surface area (Å²) in [5.41, 5.74) is 1.12. The molecule has 5 nitrogen and oxygen atoms in total. The predicted molar refractivity (Wildman–Crippen MR) is 103 cm³/mol. The van der Waals surface area contributed by atoms with Gasteiger partial charge in [0.15, 0.2) is 0 Å². The lowest BCUT2D eigenvalue weighted by Gasteiger charge is -2.28. The molecular formula is C18H29N3O2S2. The van der Waals surface area contributed by atoms with Gasteiger partial charge in [0.1, 0.15) is 4.34 Å². The first-order valence-corrected chi connectivity index (χ1v) is 11.1. The van der Waals surface area contributed by atoms with Crippen molar-refractivity contribution < 1.29 is 9.53 Å².